The lowest BCUT2D eigenvalue weighted by atomic mass is 10.1. The molecule has 6 heteroatoms. The molecule has 110 valence electrons. The van der Waals surface area contributed by atoms with Crippen molar-refractivity contribution >= 4 is 17.7 Å². The fourth-order valence-electron chi connectivity index (χ4n) is 2.71. The van der Waals surface area contributed by atoms with Crippen LogP contribution in [-0.4, -0.2) is 86.2 Å². The molecule has 1 atom stereocenters. The van der Waals surface area contributed by atoms with Gasteiger partial charge in [0.25, 0.3) is 0 Å². The fourth-order valence-corrected chi connectivity index (χ4v) is 3.01. The Morgan fingerprint density at radius 1 is 1.26 bits per heavy atom. The smallest absolute Gasteiger partial charge is 0.191 e. The molecule has 3 heterocycles. The summed E-state index contributed by atoms with van der Waals surface area (Å²) in [5.74, 6) is 2.09. The number of aliphatic imine (C=N–C) groups is 1. The van der Waals surface area contributed by atoms with Crippen molar-refractivity contribution in [3.8, 4) is 0 Å². The van der Waals surface area contributed by atoms with Crippen molar-refractivity contribution in [3.63, 3.8) is 0 Å². The molecule has 0 aliphatic carbocycles. The third kappa shape index (κ3) is 4.54. The second-order valence-electron chi connectivity index (χ2n) is 5.13. The number of piperazine rings is 3. The molecule has 3 aliphatic rings. The molecule has 5 nitrogen and oxygen atoms in total. The van der Waals surface area contributed by atoms with Gasteiger partial charge in [-0.05, 0) is 13.2 Å². The number of nitrogens with zero attached hydrogens (tertiary/aromatic N) is 3. The SMILES string of the molecule is CCNC(=NCC1CN2CCN1CC2)NCCSC. The lowest BCUT2D eigenvalue weighted by Gasteiger charge is -2.47. The van der Waals surface area contributed by atoms with E-state index in [4.69, 9.17) is 4.99 Å². The molecular formula is C13H27N5S. The zero-order chi connectivity index (χ0) is 13.5. The Bertz CT molecular complexity index is 289. The third-order valence-electron chi connectivity index (χ3n) is 3.80. The van der Waals surface area contributed by atoms with Crippen LogP contribution in [0.25, 0.3) is 0 Å². The molecular weight excluding hydrogens is 258 g/mol. The number of nitrogens with one attached hydrogen (secondary N) is 2. The molecule has 19 heavy (non-hydrogen) atoms. The first-order valence-corrected chi connectivity index (χ1v) is 8.70. The predicted octanol–water partition coefficient (Wildman–Crippen LogP) is -0.0957. The van der Waals surface area contributed by atoms with Crippen LogP contribution in [0.1, 0.15) is 6.92 Å². The Labute approximate surface area is 121 Å². The van der Waals surface area contributed by atoms with Crippen LogP contribution in [0.15, 0.2) is 4.99 Å². The Kier molecular flexibility index (Phi) is 6.26. The Hall–Kier alpha value is -0.460. The maximum atomic E-state index is 4.74. The van der Waals surface area contributed by atoms with Gasteiger partial charge in [0.2, 0.25) is 0 Å². The van der Waals surface area contributed by atoms with Gasteiger partial charge < -0.3 is 10.6 Å². The number of fused-ring (bicyclic) bond motifs is 3. The summed E-state index contributed by atoms with van der Waals surface area (Å²) in [6, 6.07) is 0.610. The number of hydrogen-bond acceptors (Lipinski definition) is 4. The topological polar surface area (TPSA) is 42.9 Å². The van der Waals surface area contributed by atoms with Gasteiger partial charge >= 0.3 is 0 Å². The van der Waals surface area contributed by atoms with Crippen molar-refractivity contribution in [2.45, 2.75) is 13.0 Å². The zero-order valence-corrected chi connectivity index (χ0v) is 13.0. The molecule has 2 N–H and O–H groups in total. The van der Waals surface area contributed by atoms with Gasteiger partial charge in [-0.25, -0.2) is 0 Å². The molecule has 0 aromatic carbocycles. The van der Waals surface area contributed by atoms with Crippen LogP contribution < -0.4 is 10.6 Å². The molecule has 2 bridgehead atoms. The summed E-state index contributed by atoms with van der Waals surface area (Å²) < 4.78 is 0. The zero-order valence-electron chi connectivity index (χ0n) is 12.2. The number of hydrogen-bond donors (Lipinski definition) is 2. The van der Waals surface area contributed by atoms with Crippen LogP contribution in [0.4, 0.5) is 0 Å². The minimum absolute atomic E-state index is 0.610. The molecule has 0 saturated carbocycles. The molecule has 0 aromatic rings. The summed E-state index contributed by atoms with van der Waals surface area (Å²) in [4.78, 5) is 9.90. The van der Waals surface area contributed by atoms with Crippen molar-refractivity contribution in [2.75, 3.05) is 64.4 Å². The summed E-state index contributed by atoms with van der Waals surface area (Å²) in [5, 5.41) is 6.71. The summed E-state index contributed by atoms with van der Waals surface area (Å²) in [6.45, 7) is 11.0. The van der Waals surface area contributed by atoms with Crippen molar-refractivity contribution in [1.82, 2.24) is 20.4 Å². The molecule has 0 radical (unpaired) electrons. The largest absolute Gasteiger partial charge is 0.357 e. The Morgan fingerprint density at radius 3 is 2.63 bits per heavy atom. The van der Waals surface area contributed by atoms with Gasteiger partial charge in [-0.15, -0.1) is 0 Å². The summed E-state index contributed by atoms with van der Waals surface area (Å²) in [7, 11) is 0. The number of rotatable bonds is 6. The quantitative estimate of drug-likeness (QED) is 0.405. The Balaban J connectivity index is 1.79. The van der Waals surface area contributed by atoms with Crippen LogP contribution in [-0.2, 0) is 0 Å². The molecule has 1 unspecified atom stereocenters. The van der Waals surface area contributed by atoms with E-state index in [0.717, 1.165) is 31.3 Å². The molecule has 0 amide bonds. The van der Waals surface area contributed by atoms with Gasteiger partial charge in [0.15, 0.2) is 5.96 Å². The standard InChI is InChI=1S/C13H27N5S/c1-3-14-13(15-4-9-19-2)16-10-12-11-17-5-7-18(12)8-6-17/h12H,3-11H2,1-2H3,(H2,14,15,16). The van der Waals surface area contributed by atoms with Crippen LogP contribution in [0, 0.1) is 0 Å². The molecule has 3 saturated heterocycles. The molecule has 3 rings (SSSR count). The van der Waals surface area contributed by atoms with E-state index >= 15 is 0 Å². The minimum atomic E-state index is 0.610. The summed E-state index contributed by atoms with van der Waals surface area (Å²) in [5.41, 5.74) is 0. The van der Waals surface area contributed by atoms with Crippen molar-refractivity contribution in [3.05, 3.63) is 0 Å². The monoisotopic (exact) mass is 285 g/mol. The van der Waals surface area contributed by atoms with E-state index in [2.05, 4.69) is 33.6 Å². The highest BCUT2D eigenvalue weighted by atomic mass is 32.2. The summed E-state index contributed by atoms with van der Waals surface area (Å²) >= 11 is 1.86. The minimum Gasteiger partial charge on any atom is -0.357 e. The van der Waals surface area contributed by atoms with E-state index in [1.807, 2.05) is 11.8 Å². The molecule has 0 aromatic heterocycles. The highest BCUT2D eigenvalue weighted by Crippen LogP contribution is 2.15. The van der Waals surface area contributed by atoms with E-state index < -0.39 is 0 Å². The van der Waals surface area contributed by atoms with E-state index in [0.29, 0.717) is 6.04 Å². The highest BCUT2D eigenvalue weighted by Gasteiger charge is 2.31. The lowest BCUT2D eigenvalue weighted by Crippen LogP contribution is -2.62. The van der Waals surface area contributed by atoms with E-state index in [9.17, 15) is 0 Å². The summed E-state index contributed by atoms with van der Waals surface area (Å²) in [6.07, 6.45) is 2.13. The van der Waals surface area contributed by atoms with Gasteiger partial charge in [-0.3, -0.25) is 14.8 Å². The van der Waals surface area contributed by atoms with Gasteiger partial charge in [-0.2, -0.15) is 11.8 Å². The normalized spacial score (nSPS) is 30.4. The van der Waals surface area contributed by atoms with Crippen LogP contribution in [0.3, 0.4) is 0 Å². The van der Waals surface area contributed by atoms with Crippen LogP contribution in [0.2, 0.25) is 0 Å². The van der Waals surface area contributed by atoms with Gasteiger partial charge in [0.1, 0.15) is 0 Å². The van der Waals surface area contributed by atoms with E-state index in [1.165, 1.54) is 32.7 Å². The first-order chi connectivity index (χ1) is 9.33. The average molecular weight is 285 g/mol. The Morgan fingerprint density at radius 2 is 2.05 bits per heavy atom. The first kappa shape index (κ1) is 14.9. The fraction of sp³-hybridized carbons (Fsp3) is 0.923. The molecule has 3 aliphatic heterocycles. The highest BCUT2D eigenvalue weighted by molar-refractivity contribution is 7.98. The molecule has 3 fully saturated rings. The van der Waals surface area contributed by atoms with Crippen molar-refractivity contribution in [1.29, 1.82) is 0 Å². The van der Waals surface area contributed by atoms with Gasteiger partial charge in [0, 0.05) is 57.6 Å². The molecule has 0 spiro atoms. The third-order valence-corrected chi connectivity index (χ3v) is 4.41. The second-order valence-corrected chi connectivity index (χ2v) is 6.12. The average Bonchev–Trinajstić information content (AvgIpc) is 2.46. The van der Waals surface area contributed by atoms with E-state index in [-0.39, 0.29) is 0 Å². The predicted molar refractivity (Wildman–Crippen MR) is 84.2 cm³/mol. The second kappa shape index (κ2) is 7.97. The van der Waals surface area contributed by atoms with Crippen LogP contribution >= 0.6 is 11.8 Å². The van der Waals surface area contributed by atoms with Crippen molar-refractivity contribution in [2.24, 2.45) is 4.99 Å². The van der Waals surface area contributed by atoms with Crippen LogP contribution in [0.5, 0.6) is 0 Å². The maximum Gasteiger partial charge on any atom is 0.191 e. The van der Waals surface area contributed by atoms with Gasteiger partial charge in [-0.1, -0.05) is 0 Å². The maximum absolute atomic E-state index is 4.74. The number of guanidine groups is 1. The van der Waals surface area contributed by atoms with Crippen molar-refractivity contribution < 1.29 is 0 Å². The number of thioether (sulfide) groups is 1. The lowest BCUT2D eigenvalue weighted by molar-refractivity contribution is 0.0174. The first-order valence-electron chi connectivity index (χ1n) is 7.31. The van der Waals surface area contributed by atoms with Gasteiger partial charge in [0.05, 0.1) is 6.54 Å². The van der Waals surface area contributed by atoms with E-state index in [1.54, 1.807) is 0 Å².